The van der Waals surface area contributed by atoms with Crippen LogP contribution in [0.4, 0.5) is 5.13 Å². The van der Waals surface area contributed by atoms with E-state index in [1.165, 1.54) is 16.4 Å². The number of rotatable bonds is 7. The number of hydrogen-bond donors (Lipinski definition) is 2. The molecule has 0 aliphatic heterocycles. The van der Waals surface area contributed by atoms with Gasteiger partial charge in [-0.3, -0.25) is 4.79 Å². The minimum Gasteiger partial charge on any atom is -0.462 e. The van der Waals surface area contributed by atoms with Crippen LogP contribution in [-0.2, 0) is 16.0 Å². The summed E-state index contributed by atoms with van der Waals surface area (Å²) in [5.74, 6) is 5.85. The van der Waals surface area contributed by atoms with Crippen LogP contribution in [0.3, 0.4) is 0 Å². The van der Waals surface area contributed by atoms with E-state index >= 15 is 0 Å². The van der Waals surface area contributed by atoms with Crippen LogP contribution in [0.25, 0.3) is 0 Å². The number of anilines is 1. The molecule has 0 aliphatic carbocycles. The lowest BCUT2D eigenvalue weighted by Gasteiger charge is -2.02. The number of aryl methyl sites for hydroxylation is 2. The SMILES string of the molecule is CCOC(=O)c1sc(NC(=O)CSc2nnc(CC)n2N)nc1C. The number of nitrogen functional groups attached to an aromatic ring is 1. The molecule has 0 spiro atoms. The fourth-order valence-corrected chi connectivity index (χ4v) is 3.32. The molecule has 0 atom stereocenters. The first-order valence-electron chi connectivity index (χ1n) is 7.22. The Morgan fingerprint density at radius 1 is 1.38 bits per heavy atom. The van der Waals surface area contributed by atoms with Crippen molar-refractivity contribution in [3.05, 3.63) is 16.4 Å². The molecule has 0 aromatic carbocycles. The van der Waals surface area contributed by atoms with E-state index in [-0.39, 0.29) is 18.3 Å². The molecule has 0 saturated heterocycles. The number of ether oxygens (including phenoxy) is 1. The molecular weight excluding hydrogens is 352 g/mol. The van der Waals surface area contributed by atoms with E-state index in [0.717, 1.165) is 11.3 Å². The van der Waals surface area contributed by atoms with Crippen molar-refractivity contribution in [1.29, 1.82) is 0 Å². The standard InChI is InChI=1S/C13H18N6O3S2/c1-4-8-17-18-13(19(8)14)23-6-9(20)16-12-15-7(3)10(24-12)11(21)22-5-2/h4-6,14H2,1-3H3,(H,15,16,20). The molecule has 2 aromatic heterocycles. The van der Waals surface area contributed by atoms with Gasteiger partial charge in [0, 0.05) is 6.42 Å². The van der Waals surface area contributed by atoms with Gasteiger partial charge in [0.05, 0.1) is 18.1 Å². The van der Waals surface area contributed by atoms with Gasteiger partial charge >= 0.3 is 5.97 Å². The van der Waals surface area contributed by atoms with Crippen molar-refractivity contribution >= 4 is 40.1 Å². The molecule has 0 unspecified atom stereocenters. The third-order valence-electron chi connectivity index (χ3n) is 2.89. The summed E-state index contributed by atoms with van der Waals surface area (Å²) in [6, 6.07) is 0. The third-order valence-corrected chi connectivity index (χ3v) is 4.88. The Balaban J connectivity index is 1.94. The maximum Gasteiger partial charge on any atom is 0.350 e. The number of nitrogens with one attached hydrogen (secondary N) is 1. The monoisotopic (exact) mass is 370 g/mol. The number of hydrogen-bond acceptors (Lipinski definition) is 9. The van der Waals surface area contributed by atoms with Gasteiger partial charge in [0.25, 0.3) is 0 Å². The molecule has 11 heteroatoms. The van der Waals surface area contributed by atoms with Gasteiger partial charge in [0.1, 0.15) is 4.88 Å². The zero-order valence-electron chi connectivity index (χ0n) is 13.5. The largest absolute Gasteiger partial charge is 0.462 e. The number of amides is 1. The second-order valence-electron chi connectivity index (χ2n) is 4.61. The van der Waals surface area contributed by atoms with Gasteiger partial charge in [-0.05, 0) is 13.8 Å². The minimum absolute atomic E-state index is 0.104. The predicted molar refractivity (Wildman–Crippen MR) is 91.7 cm³/mol. The van der Waals surface area contributed by atoms with E-state index in [9.17, 15) is 9.59 Å². The summed E-state index contributed by atoms with van der Waals surface area (Å²) in [5, 5.41) is 11.3. The first-order valence-corrected chi connectivity index (χ1v) is 9.03. The molecule has 2 rings (SSSR count). The second-order valence-corrected chi connectivity index (χ2v) is 6.55. The van der Waals surface area contributed by atoms with Crippen molar-refractivity contribution in [2.24, 2.45) is 0 Å². The quantitative estimate of drug-likeness (QED) is 0.423. The van der Waals surface area contributed by atoms with Gasteiger partial charge < -0.3 is 15.9 Å². The highest BCUT2D eigenvalue weighted by atomic mass is 32.2. The minimum atomic E-state index is -0.439. The maximum atomic E-state index is 12.0. The molecule has 1 amide bonds. The lowest BCUT2D eigenvalue weighted by Crippen LogP contribution is -2.17. The van der Waals surface area contributed by atoms with Crippen LogP contribution < -0.4 is 11.2 Å². The highest BCUT2D eigenvalue weighted by molar-refractivity contribution is 7.99. The summed E-state index contributed by atoms with van der Waals surface area (Å²) in [5.41, 5.74) is 0.524. The first-order chi connectivity index (χ1) is 11.5. The molecule has 2 heterocycles. The number of nitrogens with zero attached hydrogens (tertiary/aromatic N) is 4. The fraction of sp³-hybridized carbons (Fsp3) is 0.462. The topological polar surface area (TPSA) is 125 Å². The number of thioether (sulfide) groups is 1. The van der Waals surface area contributed by atoms with Crippen LogP contribution in [0.5, 0.6) is 0 Å². The zero-order chi connectivity index (χ0) is 17.7. The Morgan fingerprint density at radius 2 is 2.12 bits per heavy atom. The highest BCUT2D eigenvalue weighted by Crippen LogP contribution is 2.24. The fourth-order valence-electron chi connectivity index (χ4n) is 1.77. The van der Waals surface area contributed by atoms with Crippen molar-refractivity contribution in [2.45, 2.75) is 32.3 Å². The van der Waals surface area contributed by atoms with Crippen LogP contribution in [0.15, 0.2) is 5.16 Å². The zero-order valence-corrected chi connectivity index (χ0v) is 15.2. The Kier molecular flexibility index (Phi) is 6.15. The number of carbonyl (C=O) groups is 2. The normalized spacial score (nSPS) is 10.6. The number of nitrogens with two attached hydrogens (primary N) is 1. The highest BCUT2D eigenvalue weighted by Gasteiger charge is 2.18. The molecule has 0 aliphatic rings. The summed E-state index contributed by atoms with van der Waals surface area (Å²) in [7, 11) is 0. The molecule has 3 N–H and O–H groups in total. The third kappa shape index (κ3) is 4.23. The van der Waals surface area contributed by atoms with Crippen molar-refractivity contribution in [3.8, 4) is 0 Å². The molecule has 24 heavy (non-hydrogen) atoms. The van der Waals surface area contributed by atoms with Gasteiger partial charge in [-0.2, -0.15) is 0 Å². The molecule has 2 aromatic rings. The maximum absolute atomic E-state index is 12.0. The van der Waals surface area contributed by atoms with E-state index < -0.39 is 5.97 Å². The molecule has 130 valence electrons. The Morgan fingerprint density at radius 3 is 2.75 bits per heavy atom. The van der Waals surface area contributed by atoms with Crippen LogP contribution in [0.2, 0.25) is 0 Å². The van der Waals surface area contributed by atoms with E-state index in [0.29, 0.717) is 33.1 Å². The van der Waals surface area contributed by atoms with E-state index in [4.69, 9.17) is 10.6 Å². The molecule has 0 bridgehead atoms. The molecular formula is C13H18N6O3S2. The Labute approximate surface area is 147 Å². The summed E-state index contributed by atoms with van der Waals surface area (Å²) in [6.07, 6.45) is 0.658. The van der Waals surface area contributed by atoms with E-state index in [1.807, 2.05) is 6.92 Å². The number of carbonyl (C=O) groups excluding carboxylic acids is 2. The van der Waals surface area contributed by atoms with Gasteiger partial charge in [-0.15, -0.1) is 10.2 Å². The summed E-state index contributed by atoms with van der Waals surface area (Å²) in [6.45, 7) is 5.62. The average Bonchev–Trinajstić information content (AvgIpc) is 3.08. The molecule has 0 saturated carbocycles. The van der Waals surface area contributed by atoms with Crippen molar-refractivity contribution in [1.82, 2.24) is 19.9 Å². The van der Waals surface area contributed by atoms with Gasteiger partial charge in [-0.1, -0.05) is 30.0 Å². The summed E-state index contributed by atoms with van der Waals surface area (Å²) in [4.78, 5) is 28.3. The lowest BCUT2D eigenvalue weighted by molar-refractivity contribution is -0.113. The second kappa shape index (κ2) is 8.11. The smallest absolute Gasteiger partial charge is 0.350 e. The van der Waals surface area contributed by atoms with Crippen LogP contribution in [0, 0.1) is 6.92 Å². The van der Waals surface area contributed by atoms with E-state index in [1.54, 1.807) is 13.8 Å². The average molecular weight is 370 g/mol. The Hall–Kier alpha value is -2.14. The van der Waals surface area contributed by atoms with Crippen LogP contribution in [0.1, 0.15) is 35.0 Å². The van der Waals surface area contributed by atoms with E-state index in [2.05, 4.69) is 20.5 Å². The summed E-state index contributed by atoms with van der Waals surface area (Å²) >= 11 is 2.26. The number of esters is 1. The molecule has 0 fully saturated rings. The summed E-state index contributed by atoms with van der Waals surface area (Å²) < 4.78 is 6.31. The van der Waals surface area contributed by atoms with Crippen LogP contribution in [-0.4, -0.2) is 44.1 Å². The number of thiazole rings is 1. The lowest BCUT2D eigenvalue weighted by atomic mass is 10.4. The number of aromatic nitrogens is 4. The van der Waals surface area contributed by atoms with Crippen molar-refractivity contribution in [3.63, 3.8) is 0 Å². The predicted octanol–water partition coefficient (Wildman–Crippen LogP) is 1.23. The van der Waals surface area contributed by atoms with Gasteiger partial charge in [-0.25, -0.2) is 14.5 Å². The molecule has 0 radical (unpaired) electrons. The Bertz CT molecular complexity index is 742. The van der Waals surface area contributed by atoms with Gasteiger partial charge in [0.15, 0.2) is 11.0 Å². The van der Waals surface area contributed by atoms with Gasteiger partial charge in [0.2, 0.25) is 11.1 Å². The van der Waals surface area contributed by atoms with Crippen LogP contribution >= 0.6 is 23.1 Å². The first kappa shape index (κ1) is 18.2. The van der Waals surface area contributed by atoms with Crippen molar-refractivity contribution < 1.29 is 14.3 Å². The molecule has 9 nitrogen and oxygen atoms in total. The van der Waals surface area contributed by atoms with Crippen molar-refractivity contribution in [2.75, 3.05) is 23.5 Å².